The lowest BCUT2D eigenvalue weighted by Crippen LogP contribution is -2.09. The first kappa shape index (κ1) is 15.4. The van der Waals surface area contributed by atoms with E-state index in [4.69, 9.17) is 21.1 Å². The molecule has 2 rings (SSSR count). The molecular weight excluding hydrogens is 310 g/mol. The van der Waals surface area contributed by atoms with Crippen LogP contribution >= 0.6 is 22.9 Å². The number of nitrogens with one attached hydrogen (secondary N) is 1. The number of ether oxygens (including phenoxy) is 2. The zero-order chi connectivity index (χ0) is 15.2. The molecule has 110 valence electrons. The highest BCUT2D eigenvalue weighted by Gasteiger charge is 2.11. The zero-order valence-corrected chi connectivity index (χ0v) is 13.1. The van der Waals surface area contributed by atoms with Gasteiger partial charge in [0, 0.05) is 17.0 Å². The molecule has 21 heavy (non-hydrogen) atoms. The van der Waals surface area contributed by atoms with Crippen LogP contribution in [0.25, 0.3) is 6.08 Å². The van der Waals surface area contributed by atoms with Crippen LogP contribution in [0.5, 0.6) is 11.5 Å². The van der Waals surface area contributed by atoms with Crippen LogP contribution in [-0.4, -0.2) is 20.1 Å². The predicted molar refractivity (Wildman–Crippen MR) is 86.5 cm³/mol. The van der Waals surface area contributed by atoms with Crippen LogP contribution in [0.1, 0.15) is 4.88 Å². The Labute approximate surface area is 132 Å². The fraction of sp³-hybridized carbons (Fsp3) is 0.133. The molecule has 0 radical (unpaired) electrons. The standard InChI is InChI=1S/C15H14ClNO3S/c1-19-13-9-14(20-2)12(8-11(13)16)17-15(18)6-5-10-4-3-7-21-10/h3-9H,1-2H3,(H,17,18)/b6-5+. The highest BCUT2D eigenvalue weighted by molar-refractivity contribution is 7.10. The average Bonchev–Trinajstić information content (AvgIpc) is 2.99. The van der Waals surface area contributed by atoms with Crippen LogP contribution in [0, 0.1) is 0 Å². The minimum atomic E-state index is -0.261. The molecule has 0 atom stereocenters. The van der Waals surface area contributed by atoms with Crippen LogP contribution in [-0.2, 0) is 4.79 Å². The Kier molecular flexibility index (Phi) is 5.25. The maximum Gasteiger partial charge on any atom is 0.248 e. The summed E-state index contributed by atoms with van der Waals surface area (Å²) in [7, 11) is 3.03. The van der Waals surface area contributed by atoms with Gasteiger partial charge in [0.05, 0.1) is 24.9 Å². The summed E-state index contributed by atoms with van der Waals surface area (Å²) in [6, 6.07) is 7.07. The molecule has 1 aromatic carbocycles. The van der Waals surface area contributed by atoms with Crippen molar-refractivity contribution in [2.24, 2.45) is 0 Å². The van der Waals surface area contributed by atoms with Gasteiger partial charge in [0.2, 0.25) is 5.91 Å². The fourth-order valence-corrected chi connectivity index (χ4v) is 2.53. The van der Waals surface area contributed by atoms with Gasteiger partial charge in [0.15, 0.2) is 0 Å². The molecular formula is C15H14ClNO3S. The highest BCUT2D eigenvalue weighted by atomic mass is 35.5. The van der Waals surface area contributed by atoms with Crippen LogP contribution < -0.4 is 14.8 Å². The molecule has 0 aliphatic heterocycles. The maximum absolute atomic E-state index is 11.9. The lowest BCUT2D eigenvalue weighted by atomic mass is 10.2. The van der Waals surface area contributed by atoms with Gasteiger partial charge in [-0.2, -0.15) is 0 Å². The van der Waals surface area contributed by atoms with Gasteiger partial charge in [-0.1, -0.05) is 17.7 Å². The van der Waals surface area contributed by atoms with Crippen molar-refractivity contribution in [3.8, 4) is 11.5 Å². The second-order valence-corrected chi connectivity index (χ2v) is 5.41. The van der Waals surface area contributed by atoms with Gasteiger partial charge in [-0.15, -0.1) is 11.3 Å². The molecule has 0 aliphatic carbocycles. The highest BCUT2D eigenvalue weighted by Crippen LogP contribution is 2.35. The van der Waals surface area contributed by atoms with E-state index in [0.29, 0.717) is 22.2 Å². The second kappa shape index (κ2) is 7.15. The van der Waals surface area contributed by atoms with Crippen molar-refractivity contribution < 1.29 is 14.3 Å². The number of hydrogen-bond donors (Lipinski definition) is 1. The number of carbonyl (C=O) groups is 1. The fourth-order valence-electron chi connectivity index (χ4n) is 1.68. The summed E-state index contributed by atoms with van der Waals surface area (Å²) in [5, 5.41) is 5.08. The lowest BCUT2D eigenvalue weighted by Gasteiger charge is -2.12. The van der Waals surface area contributed by atoms with Crippen molar-refractivity contribution in [2.45, 2.75) is 0 Å². The van der Waals surface area contributed by atoms with Gasteiger partial charge in [0.1, 0.15) is 11.5 Å². The quantitative estimate of drug-likeness (QED) is 0.844. The third kappa shape index (κ3) is 4.00. The largest absolute Gasteiger partial charge is 0.495 e. The van der Waals surface area contributed by atoms with Crippen molar-refractivity contribution in [1.82, 2.24) is 0 Å². The van der Waals surface area contributed by atoms with Crippen LogP contribution in [0.15, 0.2) is 35.7 Å². The van der Waals surface area contributed by atoms with Crippen molar-refractivity contribution >= 4 is 40.6 Å². The minimum Gasteiger partial charge on any atom is -0.495 e. The normalized spacial score (nSPS) is 10.6. The minimum absolute atomic E-state index is 0.261. The third-order valence-corrected chi connectivity index (χ3v) is 3.81. The molecule has 0 fully saturated rings. The molecule has 1 N–H and O–H groups in total. The SMILES string of the molecule is COc1cc(OC)c(NC(=O)/C=C/c2cccs2)cc1Cl. The maximum atomic E-state index is 11.9. The predicted octanol–water partition coefficient (Wildman–Crippen LogP) is 4.07. The lowest BCUT2D eigenvalue weighted by molar-refractivity contribution is -0.111. The van der Waals surface area contributed by atoms with E-state index in [1.54, 1.807) is 29.5 Å². The molecule has 1 heterocycles. The number of anilines is 1. The summed E-state index contributed by atoms with van der Waals surface area (Å²) in [5.74, 6) is 0.706. The van der Waals surface area contributed by atoms with E-state index in [2.05, 4.69) is 5.32 Å². The second-order valence-electron chi connectivity index (χ2n) is 4.03. The number of amides is 1. The van der Waals surface area contributed by atoms with E-state index < -0.39 is 0 Å². The number of carbonyl (C=O) groups excluding carboxylic acids is 1. The number of thiophene rings is 1. The van der Waals surface area contributed by atoms with Gasteiger partial charge in [-0.25, -0.2) is 0 Å². The van der Waals surface area contributed by atoms with Gasteiger partial charge in [-0.05, 0) is 23.6 Å². The van der Waals surface area contributed by atoms with E-state index >= 15 is 0 Å². The van der Waals surface area contributed by atoms with Gasteiger partial charge < -0.3 is 14.8 Å². The first-order valence-corrected chi connectivity index (χ1v) is 7.34. The molecule has 6 heteroatoms. The van der Waals surface area contributed by atoms with E-state index in [1.165, 1.54) is 20.3 Å². The van der Waals surface area contributed by atoms with Crippen LogP contribution in [0.2, 0.25) is 5.02 Å². The van der Waals surface area contributed by atoms with Crippen molar-refractivity contribution in [3.63, 3.8) is 0 Å². The molecule has 1 amide bonds. The first-order chi connectivity index (χ1) is 10.1. The summed E-state index contributed by atoms with van der Waals surface area (Å²) in [4.78, 5) is 12.9. The molecule has 0 unspecified atom stereocenters. The summed E-state index contributed by atoms with van der Waals surface area (Å²) in [6.07, 6.45) is 3.21. The Hall–Kier alpha value is -1.98. The summed E-state index contributed by atoms with van der Waals surface area (Å²) in [6.45, 7) is 0. The molecule has 0 spiro atoms. The van der Waals surface area contributed by atoms with Gasteiger partial charge in [0.25, 0.3) is 0 Å². The molecule has 0 saturated carbocycles. The van der Waals surface area contributed by atoms with E-state index in [-0.39, 0.29) is 5.91 Å². The summed E-state index contributed by atoms with van der Waals surface area (Å²) in [5.41, 5.74) is 0.490. The molecule has 2 aromatic rings. The van der Waals surface area contributed by atoms with Crippen molar-refractivity contribution in [1.29, 1.82) is 0 Å². The van der Waals surface area contributed by atoms with E-state index in [9.17, 15) is 4.79 Å². The summed E-state index contributed by atoms with van der Waals surface area (Å²) >= 11 is 7.61. The zero-order valence-electron chi connectivity index (χ0n) is 11.6. The Morgan fingerprint density at radius 1 is 1.29 bits per heavy atom. The Bertz CT molecular complexity index is 653. The first-order valence-electron chi connectivity index (χ1n) is 6.08. The van der Waals surface area contributed by atoms with Gasteiger partial charge >= 0.3 is 0 Å². The van der Waals surface area contributed by atoms with E-state index in [1.807, 2.05) is 17.5 Å². The number of methoxy groups -OCH3 is 2. The number of rotatable bonds is 5. The Morgan fingerprint density at radius 2 is 2.05 bits per heavy atom. The molecule has 0 aliphatic rings. The summed E-state index contributed by atoms with van der Waals surface area (Å²) < 4.78 is 10.3. The molecule has 1 aromatic heterocycles. The molecule has 0 saturated heterocycles. The number of halogens is 1. The van der Waals surface area contributed by atoms with Crippen molar-refractivity contribution in [2.75, 3.05) is 19.5 Å². The molecule has 0 bridgehead atoms. The monoisotopic (exact) mass is 323 g/mol. The van der Waals surface area contributed by atoms with Crippen LogP contribution in [0.3, 0.4) is 0 Å². The number of hydrogen-bond acceptors (Lipinski definition) is 4. The smallest absolute Gasteiger partial charge is 0.248 e. The van der Waals surface area contributed by atoms with E-state index in [0.717, 1.165) is 4.88 Å². The van der Waals surface area contributed by atoms with Crippen molar-refractivity contribution in [3.05, 3.63) is 45.6 Å². The average molecular weight is 324 g/mol. The topological polar surface area (TPSA) is 47.6 Å². The Morgan fingerprint density at radius 3 is 2.67 bits per heavy atom. The molecule has 4 nitrogen and oxygen atoms in total. The number of benzene rings is 1. The third-order valence-electron chi connectivity index (χ3n) is 2.67. The van der Waals surface area contributed by atoms with Gasteiger partial charge in [-0.3, -0.25) is 4.79 Å². The Balaban J connectivity index is 2.15. The van der Waals surface area contributed by atoms with Crippen LogP contribution in [0.4, 0.5) is 5.69 Å².